The van der Waals surface area contributed by atoms with Crippen LogP contribution in [-0.4, -0.2) is 7.11 Å². The number of nitrogens with zero attached hydrogens (tertiary/aromatic N) is 1. The van der Waals surface area contributed by atoms with Gasteiger partial charge >= 0.3 is 5.88 Å². The Labute approximate surface area is 53.1 Å². The second kappa shape index (κ2) is 2.35. The van der Waals surface area contributed by atoms with Gasteiger partial charge in [-0.05, 0) is 6.07 Å². The first-order chi connectivity index (χ1) is 4.34. The van der Waals surface area contributed by atoms with Gasteiger partial charge in [0, 0.05) is 6.07 Å². The van der Waals surface area contributed by atoms with Crippen molar-refractivity contribution in [3.8, 4) is 5.88 Å². The maximum atomic E-state index is 10.6. The fourth-order valence-corrected chi connectivity index (χ4v) is 0.571. The maximum absolute atomic E-state index is 10.6. The van der Waals surface area contributed by atoms with Gasteiger partial charge in [-0.3, -0.25) is 0 Å². The van der Waals surface area contributed by atoms with Gasteiger partial charge in [-0.25, -0.2) is 0 Å². The van der Waals surface area contributed by atoms with Crippen LogP contribution in [0, 0.1) is 5.21 Å². The molecule has 0 unspecified atom stereocenters. The Bertz CT molecular complexity index is 200. The fourth-order valence-electron chi connectivity index (χ4n) is 0.571. The van der Waals surface area contributed by atoms with Crippen molar-refractivity contribution in [3.05, 3.63) is 29.6 Å². The molecule has 1 heterocycles. The Morgan fingerprint density at radius 1 is 1.56 bits per heavy atom. The molecule has 1 aromatic heterocycles. The normalized spacial score (nSPS) is 9.00. The zero-order chi connectivity index (χ0) is 6.69. The molecular weight excluding hydrogens is 118 g/mol. The first-order valence-electron chi connectivity index (χ1n) is 2.57. The standard InChI is InChI=1S/C6H7NO2/c1-9-6-4-2-3-5-7(6)8/h2-5H,1H3. The molecule has 0 fully saturated rings. The maximum Gasteiger partial charge on any atom is 0.379 e. The number of aromatic nitrogens is 1. The van der Waals surface area contributed by atoms with Crippen LogP contribution < -0.4 is 9.47 Å². The van der Waals surface area contributed by atoms with Gasteiger partial charge in [0.25, 0.3) is 0 Å². The molecule has 0 aliphatic carbocycles. The van der Waals surface area contributed by atoms with Crippen molar-refractivity contribution < 1.29 is 9.47 Å². The molecule has 0 aliphatic rings. The smallest absolute Gasteiger partial charge is 0.379 e. The first-order valence-corrected chi connectivity index (χ1v) is 2.57. The Hall–Kier alpha value is -1.25. The molecule has 0 spiro atoms. The van der Waals surface area contributed by atoms with Crippen molar-refractivity contribution in [3.63, 3.8) is 0 Å². The van der Waals surface area contributed by atoms with E-state index in [2.05, 4.69) is 0 Å². The van der Waals surface area contributed by atoms with Gasteiger partial charge in [0.15, 0.2) is 6.20 Å². The predicted molar refractivity (Wildman–Crippen MR) is 32.0 cm³/mol. The second-order valence-electron chi connectivity index (χ2n) is 1.57. The van der Waals surface area contributed by atoms with Crippen LogP contribution in [0.25, 0.3) is 0 Å². The number of hydrogen-bond acceptors (Lipinski definition) is 2. The zero-order valence-corrected chi connectivity index (χ0v) is 5.07. The van der Waals surface area contributed by atoms with E-state index in [0.29, 0.717) is 10.6 Å². The summed E-state index contributed by atoms with van der Waals surface area (Å²) in [5, 5.41) is 10.6. The molecule has 0 amide bonds. The van der Waals surface area contributed by atoms with E-state index < -0.39 is 0 Å². The highest BCUT2D eigenvalue weighted by Crippen LogP contribution is 1.97. The van der Waals surface area contributed by atoms with Crippen molar-refractivity contribution in [1.82, 2.24) is 0 Å². The predicted octanol–water partition coefficient (Wildman–Crippen LogP) is 0.329. The molecule has 0 aromatic carbocycles. The van der Waals surface area contributed by atoms with Crippen molar-refractivity contribution in [2.75, 3.05) is 7.11 Å². The molecule has 0 saturated carbocycles. The second-order valence-corrected chi connectivity index (χ2v) is 1.57. The summed E-state index contributed by atoms with van der Waals surface area (Å²) in [5.41, 5.74) is 0. The van der Waals surface area contributed by atoms with Gasteiger partial charge in [-0.15, -0.1) is 4.73 Å². The summed E-state index contributed by atoms with van der Waals surface area (Å²) in [6, 6.07) is 5.00. The van der Waals surface area contributed by atoms with Crippen molar-refractivity contribution in [2.24, 2.45) is 0 Å². The highest BCUT2D eigenvalue weighted by Gasteiger charge is 1.97. The van der Waals surface area contributed by atoms with Gasteiger partial charge in [0.05, 0.1) is 13.2 Å². The monoisotopic (exact) mass is 125 g/mol. The van der Waals surface area contributed by atoms with E-state index >= 15 is 0 Å². The molecule has 0 N–H and O–H groups in total. The number of hydrogen-bond donors (Lipinski definition) is 0. The van der Waals surface area contributed by atoms with Crippen molar-refractivity contribution >= 4 is 0 Å². The Morgan fingerprint density at radius 2 is 2.33 bits per heavy atom. The average Bonchev–Trinajstić information content (AvgIpc) is 1.89. The molecule has 0 saturated heterocycles. The highest BCUT2D eigenvalue weighted by atomic mass is 16.5. The molecule has 0 radical (unpaired) electrons. The lowest BCUT2D eigenvalue weighted by Crippen LogP contribution is -2.26. The lowest BCUT2D eigenvalue weighted by atomic mass is 10.5. The quantitative estimate of drug-likeness (QED) is 0.400. The van der Waals surface area contributed by atoms with Crippen molar-refractivity contribution in [1.29, 1.82) is 0 Å². The third-order valence-corrected chi connectivity index (χ3v) is 0.998. The Morgan fingerprint density at radius 3 is 2.78 bits per heavy atom. The topological polar surface area (TPSA) is 36.2 Å². The molecule has 3 heteroatoms. The number of methoxy groups -OCH3 is 1. The van der Waals surface area contributed by atoms with Gasteiger partial charge < -0.3 is 9.94 Å². The summed E-state index contributed by atoms with van der Waals surface area (Å²) < 4.78 is 5.36. The summed E-state index contributed by atoms with van der Waals surface area (Å²) in [4.78, 5) is 0. The molecule has 0 bridgehead atoms. The lowest BCUT2D eigenvalue weighted by Gasteiger charge is -1.98. The number of pyridine rings is 1. The molecule has 0 atom stereocenters. The molecular formula is C6H7NO2. The Kier molecular flexibility index (Phi) is 1.53. The van der Waals surface area contributed by atoms with Crippen LogP contribution in [0.5, 0.6) is 5.88 Å². The third kappa shape index (κ3) is 1.10. The van der Waals surface area contributed by atoms with E-state index in [4.69, 9.17) is 4.74 Å². The number of ether oxygens (including phenoxy) is 1. The van der Waals surface area contributed by atoms with Crippen LogP contribution in [0.15, 0.2) is 24.4 Å². The molecule has 3 nitrogen and oxygen atoms in total. The third-order valence-electron chi connectivity index (χ3n) is 0.998. The van der Waals surface area contributed by atoms with Crippen LogP contribution in [0.2, 0.25) is 0 Å². The highest BCUT2D eigenvalue weighted by molar-refractivity contribution is 5.02. The van der Waals surface area contributed by atoms with E-state index in [1.165, 1.54) is 13.3 Å². The average molecular weight is 125 g/mol. The molecule has 48 valence electrons. The van der Waals surface area contributed by atoms with Gasteiger partial charge in [-0.1, -0.05) is 0 Å². The largest absolute Gasteiger partial charge is 0.616 e. The van der Waals surface area contributed by atoms with Crippen LogP contribution in [-0.2, 0) is 0 Å². The molecule has 1 rings (SSSR count). The van der Waals surface area contributed by atoms with Gasteiger partial charge in [0.2, 0.25) is 0 Å². The van der Waals surface area contributed by atoms with Crippen LogP contribution in [0.4, 0.5) is 0 Å². The minimum atomic E-state index is 0.317. The Balaban J connectivity index is 3.01. The van der Waals surface area contributed by atoms with Gasteiger partial charge in [0.1, 0.15) is 0 Å². The first kappa shape index (κ1) is 5.88. The molecule has 9 heavy (non-hydrogen) atoms. The summed E-state index contributed by atoms with van der Waals surface area (Å²) in [7, 11) is 1.46. The molecule has 0 aliphatic heterocycles. The molecule has 1 aromatic rings. The van der Waals surface area contributed by atoms with Crippen LogP contribution in [0.1, 0.15) is 0 Å². The summed E-state index contributed by atoms with van der Waals surface area (Å²) in [6.45, 7) is 0. The van der Waals surface area contributed by atoms with E-state index in [9.17, 15) is 5.21 Å². The van der Waals surface area contributed by atoms with E-state index in [1.54, 1.807) is 18.2 Å². The van der Waals surface area contributed by atoms with Crippen molar-refractivity contribution in [2.45, 2.75) is 0 Å². The zero-order valence-electron chi connectivity index (χ0n) is 5.07. The minimum Gasteiger partial charge on any atom is -0.616 e. The van der Waals surface area contributed by atoms with E-state index in [1.807, 2.05) is 0 Å². The lowest BCUT2D eigenvalue weighted by molar-refractivity contribution is -0.612. The summed E-state index contributed by atoms with van der Waals surface area (Å²) in [6.07, 6.45) is 1.39. The summed E-state index contributed by atoms with van der Waals surface area (Å²) >= 11 is 0. The van der Waals surface area contributed by atoms with Crippen LogP contribution >= 0.6 is 0 Å². The van der Waals surface area contributed by atoms with Gasteiger partial charge in [-0.2, -0.15) is 0 Å². The van der Waals surface area contributed by atoms with E-state index in [-0.39, 0.29) is 0 Å². The SMILES string of the molecule is COc1cccc[n+]1[O-]. The van der Waals surface area contributed by atoms with Crippen LogP contribution in [0.3, 0.4) is 0 Å². The number of rotatable bonds is 1. The minimum absolute atomic E-state index is 0.317. The fraction of sp³-hybridized carbons (Fsp3) is 0.167. The van der Waals surface area contributed by atoms with E-state index in [0.717, 1.165) is 0 Å². The summed E-state index contributed by atoms with van der Waals surface area (Å²) in [5.74, 6) is 0.317.